The van der Waals surface area contributed by atoms with Crippen LogP contribution in [0.25, 0.3) is 0 Å². The molecule has 2 aromatic rings. The van der Waals surface area contributed by atoms with E-state index >= 15 is 0 Å². The number of ether oxygens (including phenoxy) is 1. The minimum atomic E-state index is -1.23. The van der Waals surface area contributed by atoms with Crippen molar-refractivity contribution < 1.29 is 29.3 Å². The summed E-state index contributed by atoms with van der Waals surface area (Å²) in [5, 5.41) is 22.4. The second-order valence-electron chi connectivity index (χ2n) is 6.58. The number of hydrogen-bond donors (Lipinski definition) is 3. The predicted molar refractivity (Wildman–Crippen MR) is 101 cm³/mol. The molecule has 1 heterocycles. The van der Waals surface area contributed by atoms with Crippen molar-refractivity contribution in [1.29, 1.82) is 0 Å². The molecule has 0 aliphatic carbocycles. The Morgan fingerprint density at radius 2 is 2.00 bits per heavy atom. The van der Waals surface area contributed by atoms with E-state index in [1.54, 1.807) is 37.3 Å². The first-order valence-electron chi connectivity index (χ1n) is 8.60. The number of hydrogen-bond acceptors (Lipinski definition) is 5. The van der Waals surface area contributed by atoms with Gasteiger partial charge in [0.05, 0.1) is 5.56 Å². The summed E-state index contributed by atoms with van der Waals surface area (Å²) in [6.07, 6.45) is -0.0407. The van der Waals surface area contributed by atoms with E-state index in [-0.39, 0.29) is 22.6 Å². The zero-order valence-corrected chi connectivity index (χ0v) is 15.7. The highest BCUT2D eigenvalue weighted by molar-refractivity contribution is 6.32. The number of phenolic OH excluding ortho intramolecular Hbond substituents is 1. The van der Waals surface area contributed by atoms with Gasteiger partial charge in [0.2, 0.25) is 0 Å². The number of benzene rings is 2. The standard InChI is InChI=1S/C20H18ClNO6/c1-10-7-12-14(21)9-13(17(23)16(12)20(27)28-10)18(24)22-15(19(25)26)8-11-5-3-2-4-6-11/h2-6,9-10,15,23H,7-8H2,1H3,(H,22,24)(H,25,26)/t10-,15?/m0/s1. The van der Waals surface area contributed by atoms with Crippen LogP contribution in [-0.2, 0) is 22.4 Å². The minimum Gasteiger partial charge on any atom is -0.506 e. The third kappa shape index (κ3) is 3.94. The fraction of sp³-hybridized carbons (Fsp3) is 0.250. The van der Waals surface area contributed by atoms with Crippen molar-refractivity contribution in [2.45, 2.75) is 31.9 Å². The molecule has 3 N–H and O–H groups in total. The third-order valence-corrected chi connectivity index (χ3v) is 4.82. The molecule has 2 atom stereocenters. The van der Waals surface area contributed by atoms with Crippen molar-refractivity contribution in [1.82, 2.24) is 5.32 Å². The molecular formula is C20H18ClNO6. The first-order valence-corrected chi connectivity index (χ1v) is 8.98. The summed E-state index contributed by atoms with van der Waals surface area (Å²) in [5.41, 5.74) is 0.680. The Bertz CT molecular complexity index is 943. The van der Waals surface area contributed by atoms with Crippen LogP contribution in [0.4, 0.5) is 0 Å². The van der Waals surface area contributed by atoms with Crippen molar-refractivity contribution in [2.75, 3.05) is 0 Å². The van der Waals surface area contributed by atoms with Crippen molar-refractivity contribution >= 4 is 29.4 Å². The fourth-order valence-electron chi connectivity index (χ4n) is 3.13. The van der Waals surface area contributed by atoms with Crippen molar-refractivity contribution in [3.8, 4) is 5.75 Å². The topological polar surface area (TPSA) is 113 Å². The molecule has 0 aromatic heterocycles. The molecule has 1 unspecified atom stereocenters. The molecule has 8 heteroatoms. The zero-order chi connectivity index (χ0) is 20.4. The van der Waals surface area contributed by atoms with Gasteiger partial charge in [-0.1, -0.05) is 41.9 Å². The molecule has 1 amide bonds. The number of aliphatic carboxylic acids is 1. The Kier molecular flexibility index (Phi) is 5.56. The summed E-state index contributed by atoms with van der Waals surface area (Å²) >= 11 is 6.21. The van der Waals surface area contributed by atoms with E-state index in [1.165, 1.54) is 6.07 Å². The van der Waals surface area contributed by atoms with Crippen LogP contribution in [0, 0.1) is 0 Å². The van der Waals surface area contributed by atoms with E-state index in [2.05, 4.69) is 5.32 Å². The van der Waals surface area contributed by atoms with Crippen LogP contribution in [0.1, 0.15) is 38.8 Å². The predicted octanol–water partition coefficient (Wildman–Crippen LogP) is 2.57. The molecule has 0 bridgehead atoms. The molecule has 2 aromatic carbocycles. The number of fused-ring (bicyclic) bond motifs is 1. The normalized spacial score (nSPS) is 16.6. The highest BCUT2D eigenvalue weighted by Crippen LogP contribution is 2.36. The molecule has 0 fully saturated rings. The zero-order valence-electron chi connectivity index (χ0n) is 14.9. The Hall–Kier alpha value is -3.06. The summed E-state index contributed by atoms with van der Waals surface area (Å²) in [4.78, 5) is 36.3. The number of amides is 1. The minimum absolute atomic E-state index is 0.0565. The Morgan fingerprint density at radius 3 is 2.64 bits per heavy atom. The van der Waals surface area contributed by atoms with Gasteiger partial charge >= 0.3 is 11.9 Å². The van der Waals surface area contributed by atoms with Crippen molar-refractivity contribution in [3.05, 3.63) is 63.7 Å². The van der Waals surface area contributed by atoms with Gasteiger partial charge < -0.3 is 20.3 Å². The van der Waals surface area contributed by atoms with E-state index in [0.717, 1.165) is 5.56 Å². The van der Waals surface area contributed by atoms with Gasteiger partial charge in [0.1, 0.15) is 23.5 Å². The monoisotopic (exact) mass is 403 g/mol. The number of carboxylic acids is 1. The number of nitrogens with one attached hydrogen (secondary N) is 1. The molecule has 0 radical (unpaired) electrons. The van der Waals surface area contributed by atoms with E-state index < -0.39 is 35.7 Å². The maximum atomic E-state index is 12.6. The van der Waals surface area contributed by atoms with Gasteiger partial charge in [-0.25, -0.2) is 9.59 Å². The highest BCUT2D eigenvalue weighted by Gasteiger charge is 2.33. The maximum absolute atomic E-state index is 12.6. The van der Waals surface area contributed by atoms with E-state index in [9.17, 15) is 24.6 Å². The SMILES string of the molecule is C[C@H]1Cc2c(Cl)cc(C(=O)NC(Cc3ccccc3)C(=O)O)c(O)c2C(=O)O1. The maximum Gasteiger partial charge on any atom is 0.342 e. The van der Waals surface area contributed by atoms with Gasteiger partial charge in [-0.15, -0.1) is 0 Å². The van der Waals surface area contributed by atoms with E-state index in [0.29, 0.717) is 12.0 Å². The van der Waals surface area contributed by atoms with Gasteiger partial charge in [-0.3, -0.25) is 4.79 Å². The van der Waals surface area contributed by atoms with Gasteiger partial charge in [0, 0.05) is 17.9 Å². The average Bonchev–Trinajstić information content (AvgIpc) is 2.64. The summed E-state index contributed by atoms with van der Waals surface area (Å²) in [6, 6.07) is 8.81. The number of esters is 1. The lowest BCUT2D eigenvalue weighted by Crippen LogP contribution is -2.42. The van der Waals surface area contributed by atoms with Crippen LogP contribution in [0.15, 0.2) is 36.4 Å². The van der Waals surface area contributed by atoms with E-state index in [4.69, 9.17) is 16.3 Å². The van der Waals surface area contributed by atoms with Crippen LogP contribution in [-0.4, -0.2) is 40.2 Å². The Balaban J connectivity index is 1.89. The lowest BCUT2D eigenvalue weighted by atomic mass is 9.95. The van der Waals surface area contributed by atoms with Crippen LogP contribution in [0.5, 0.6) is 5.75 Å². The molecular weight excluding hydrogens is 386 g/mol. The Morgan fingerprint density at radius 1 is 1.32 bits per heavy atom. The van der Waals surface area contributed by atoms with Gasteiger partial charge in [0.15, 0.2) is 0 Å². The largest absolute Gasteiger partial charge is 0.506 e. The second kappa shape index (κ2) is 7.90. The van der Waals surface area contributed by atoms with E-state index in [1.807, 2.05) is 0 Å². The smallest absolute Gasteiger partial charge is 0.342 e. The quantitative estimate of drug-likeness (QED) is 0.661. The molecule has 0 saturated heterocycles. The van der Waals surface area contributed by atoms with Crippen molar-refractivity contribution in [3.63, 3.8) is 0 Å². The summed E-state index contributed by atoms with van der Waals surface area (Å²) in [7, 11) is 0. The first-order chi connectivity index (χ1) is 13.3. The molecule has 1 aliphatic rings. The summed E-state index contributed by atoms with van der Waals surface area (Å²) in [5.74, 6) is -3.43. The summed E-state index contributed by atoms with van der Waals surface area (Å²) in [6.45, 7) is 1.69. The van der Waals surface area contributed by atoms with Crippen LogP contribution >= 0.6 is 11.6 Å². The number of cyclic esters (lactones) is 1. The Labute approximate surface area is 165 Å². The van der Waals surface area contributed by atoms with Gasteiger partial charge in [-0.2, -0.15) is 0 Å². The molecule has 0 spiro atoms. The number of carbonyl (C=O) groups excluding carboxylic acids is 2. The second-order valence-corrected chi connectivity index (χ2v) is 6.99. The van der Waals surface area contributed by atoms with Crippen LogP contribution in [0.3, 0.4) is 0 Å². The first kappa shape index (κ1) is 19.7. The molecule has 3 rings (SSSR count). The number of carboxylic acid groups (broad SMARTS) is 1. The number of aromatic hydroxyl groups is 1. The number of halogens is 1. The van der Waals surface area contributed by atoms with Crippen molar-refractivity contribution in [2.24, 2.45) is 0 Å². The fourth-order valence-corrected chi connectivity index (χ4v) is 3.41. The lowest BCUT2D eigenvalue weighted by Gasteiger charge is -2.24. The molecule has 1 aliphatic heterocycles. The molecule has 146 valence electrons. The molecule has 28 heavy (non-hydrogen) atoms. The van der Waals surface area contributed by atoms with Gasteiger partial charge in [-0.05, 0) is 24.1 Å². The average molecular weight is 404 g/mol. The molecule has 0 saturated carbocycles. The third-order valence-electron chi connectivity index (χ3n) is 4.49. The summed E-state index contributed by atoms with van der Waals surface area (Å²) < 4.78 is 5.10. The number of phenols is 1. The number of rotatable bonds is 5. The number of carbonyl (C=O) groups is 3. The lowest BCUT2D eigenvalue weighted by molar-refractivity contribution is -0.139. The van der Waals surface area contributed by atoms with Crippen LogP contribution < -0.4 is 5.32 Å². The van der Waals surface area contributed by atoms with Crippen LogP contribution in [0.2, 0.25) is 5.02 Å². The molecule has 7 nitrogen and oxygen atoms in total. The highest BCUT2D eigenvalue weighted by atomic mass is 35.5. The van der Waals surface area contributed by atoms with Gasteiger partial charge in [0.25, 0.3) is 5.91 Å².